The summed E-state index contributed by atoms with van der Waals surface area (Å²) in [6, 6.07) is 6.89. The summed E-state index contributed by atoms with van der Waals surface area (Å²) in [6.45, 7) is 0. The molecule has 0 radical (unpaired) electrons. The third-order valence-corrected chi connectivity index (χ3v) is 2.41. The standard InChI is InChI=1S/C11H9ClN2O3/c1-16-7-2-4-8(5-3-7)17-9-6-13-14-11(15)10(9)12/h2-6H,1H3,(H,14,15). The average molecular weight is 253 g/mol. The summed E-state index contributed by atoms with van der Waals surface area (Å²) in [5, 5.41) is 5.78. The molecule has 17 heavy (non-hydrogen) atoms. The van der Waals surface area contributed by atoms with Crippen LogP contribution in [0.1, 0.15) is 0 Å². The number of hydrogen-bond donors (Lipinski definition) is 1. The van der Waals surface area contributed by atoms with E-state index in [-0.39, 0.29) is 10.8 Å². The zero-order valence-corrected chi connectivity index (χ0v) is 9.69. The monoisotopic (exact) mass is 252 g/mol. The van der Waals surface area contributed by atoms with Gasteiger partial charge in [0.15, 0.2) is 10.8 Å². The molecule has 1 N–H and O–H groups in total. The minimum Gasteiger partial charge on any atom is -0.497 e. The number of ether oxygens (including phenoxy) is 2. The minimum absolute atomic E-state index is 0.0316. The summed E-state index contributed by atoms with van der Waals surface area (Å²) in [7, 11) is 1.58. The van der Waals surface area contributed by atoms with Crippen LogP contribution in [0, 0.1) is 0 Å². The van der Waals surface area contributed by atoms with Crippen molar-refractivity contribution in [3.05, 3.63) is 45.8 Å². The van der Waals surface area contributed by atoms with Crippen LogP contribution in [-0.2, 0) is 0 Å². The first-order chi connectivity index (χ1) is 8.20. The van der Waals surface area contributed by atoms with Gasteiger partial charge in [0.25, 0.3) is 5.56 Å². The van der Waals surface area contributed by atoms with Crippen LogP contribution in [0.3, 0.4) is 0 Å². The Hall–Kier alpha value is -2.01. The zero-order valence-electron chi connectivity index (χ0n) is 8.94. The lowest BCUT2D eigenvalue weighted by atomic mass is 10.3. The Labute approximate surface area is 102 Å². The molecular weight excluding hydrogens is 244 g/mol. The number of benzene rings is 1. The van der Waals surface area contributed by atoms with Gasteiger partial charge in [0.1, 0.15) is 11.5 Å². The number of nitrogens with one attached hydrogen (secondary N) is 1. The minimum atomic E-state index is -0.488. The lowest BCUT2D eigenvalue weighted by Gasteiger charge is -2.06. The summed E-state index contributed by atoms with van der Waals surface area (Å²) < 4.78 is 10.4. The van der Waals surface area contributed by atoms with Gasteiger partial charge in [0.2, 0.25) is 0 Å². The van der Waals surface area contributed by atoms with Crippen molar-refractivity contribution in [1.82, 2.24) is 10.2 Å². The molecule has 0 unspecified atom stereocenters. The number of halogens is 1. The smallest absolute Gasteiger partial charge is 0.286 e. The van der Waals surface area contributed by atoms with E-state index in [0.717, 1.165) is 0 Å². The van der Waals surface area contributed by atoms with Crippen LogP contribution < -0.4 is 15.0 Å². The van der Waals surface area contributed by atoms with Crippen LogP contribution >= 0.6 is 11.6 Å². The molecule has 2 rings (SSSR count). The number of rotatable bonds is 3. The van der Waals surface area contributed by atoms with Gasteiger partial charge in [0, 0.05) is 0 Å². The van der Waals surface area contributed by atoms with Crippen molar-refractivity contribution in [2.75, 3.05) is 7.11 Å². The van der Waals surface area contributed by atoms with Gasteiger partial charge in [-0.1, -0.05) is 11.6 Å². The molecule has 1 aromatic carbocycles. The molecule has 0 fully saturated rings. The van der Waals surface area contributed by atoms with Crippen LogP contribution in [-0.4, -0.2) is 17.3 Å². The van der Waals surface area contributed by atoms with Crippen LogP contribution in [0.5, 0.6) is 17.2 Å². The van der Waals surface area contributed by atoms with E-state index in [1.807, 2.05) is 0 Å². The number of H-pyrrole nitrogens is 1. The first-order valence-corrected chi connectivity index (χ1v) is 5.13. The van der Waals surface area contributed by atoms with Gasteiger partial charge >= 0.3 is 0 Å². The predicted octanol–water partition coefficient (Wildman–Crippen LogP) is 2.22. The number of nitrogens with zero attached hydrogens (tertiary/aromatic N) is 1. The van der Waals surface area contributed by atoms with Crippen LogP contribution in [0.15, 0.2) is 35.3 Å². The quantitative estimate of drug-likeness (QED) is 0.910. The van der Waals surface area contributed by atoms with Crippen molar-refractivity contribution in [2.45, 2.75) is 0 Å². The van der Waals surface area contributed by atoms with E-state index in [4.69, 9.17) is 21.1 Å². The maximum absolute atomic E-state index is 11.2. The van der Waals surface area contributed by atoms with Crippen molar-refractivity contribution < 1.29 is 9.47 Å². The molecule has 0 aliphatic heterocycles. The SMILES string of the molecule is COc1ccc(Oc2cn[nH]c(=O)c2Cl)cc1. The molecule has 0 saturated heterocycles. The maximum atomic E-state index is 11.2. The third kappa shape index (κ3) is 2.57. The Morgan fingerprint density at radius 2 is 1.88 bits per heavy atom. The van der Waals surface area contributed by atoms with E-state index >= 15 is 0 Å². The van der Waals surface area contributed by atoms with Crippen LogP contribution in [0.4, 0.5) is 0 Å². The van der Waals surface area contributed by atoms with E-state index in [1.165, 1.54) is 6.20 Å². The highest BCUT2D eigenvalue weighted by atomic mass is 35.5. The van der Waals surface area contributed by atoms with E-state index < -0.39 is 5.56 Å². The molecule has 5 nitrogen and oxygen atoms in total. The van der Waals surface area contributed by atoms with Crippen molar-refractivity contribution in [1.29, 1.82) is 0 Å². The van der Waals surface area contributed by atoms with Gasteiger partial charge in [0.05, 0.1) is 13.3 Å². The molecule has 1 heterocycles. The molecule has 0 aliphatic carbocycles. The Morgan fingerprint density at radius 3 is 2.53 bits per heavy atom. The number of aromatic amines is 1. The fraction of sp³-hybridized carbons (Fsp3) is 0.0909. The van der Waals surface area contributed by atoms with Crippen molar-refractivity contribution in [3.8, 4) is 17.2 Å². The number of aromatic nitrogens is 2. The fourth-order valence-electron chi connectivity index (χ4n) is 1.21. The van der Waals surface area contributed by atoms with Gasteiger partial charge in [-0.2, -0.15) is 5.10 Å². The lowest BCUT2D eigenvalue weighted by molar-refractivity contribution is 0.412. The molecule has 0 amide bonds. The van der Waals surface area contributed by atoms with Crippen molar-refractivity contribution in [2.24, 2.45) is 0 Å². The molecule has 0 atom stereocenters. The third-order valence-electron chi connectivity index (χ3n) is 2.05. The van der Waals surface area contributed by atoms with Gasteiger partial charge in [-0.05, 0) is 24.3 Å². The van der Waals surface area contributed by atoms with Gasteiger partial charge in [-0.15, -0.1) is 0 Å². The van der Waals surface area contributed by atoms with E-state index in [2.05, 4.69) is 10.2 Å². The second kappa shape index (κ2) is 4.88. The Balaban J connectivity index is 2.25. The fourth-order valence-corrected chi connectivity index (χ4v) is 1.34. The summed E-state index contributed by atoms with van der Waals surface area (Å²) >= 11 is 5.77. The maximum Gasteiger partial charge on any atom is 0.286 e. The topological polar surface area (TPSA) is 64.2 Å². The summed E-state index contributed by atoms with van der Waals surface area (Å²) in [5.74, 6) is 1.47. The van der Waals surface area contributed by atoms with Crippen molar-refractivity contribution >= 4 is 11.6 Å². The Kier molecular flexibility index (Phi) is 3.30. The molecule has 0 bridgehead atoms. The highest BCUT2D eigenvalue weighted by Crippen LogP contribution is 2.26. The summed E-state index contributed by atoms with van der Waals surface area (Å²) in [5.41, 5.74) is -0.488. The molecular formula is C11H9ClN2O3. The van der Waals surface area contributed by atoms with E-state index in [0.29, 0.717) is 11.5 Å². The van der Waals surface area contributed by atoms with Crippen molar-refractivity contribution in [3.63, 3.8) is 0 Å². The average Bonchev–Trinajstić information content (AvgIpc) is 2.36. The first kappa shape index (κ1) is 11.5. The molecule has 88 valence electrons. The van der Waals surface area contributed by atoms with Gasteiger partial charge in [-0.25, -0.2) is 5.10 Å². The molecule has 0 saturated carbocycles. The normalized spacial score (nSPS) is 10.0. The second-order valence-corrected chi connectivity index (χ2v) is 3.53. The largest absolute Gasteiger partial charge is 0.497 e. The number of methoxy groups -OCH3 is 1. The predicted molar refractivity (Wildman–Crippen MR) is 62.9 cm³/mol. The Morgan fingerprint density at radius 1 is 1.24 bits per heavy atom. The second-order valence-electron chi connectivity index (χ2n) is 3.15. The number of hydrogen-bond acceptors (Lipinski definition) is 4. The van der Waals surface area contributed by atoms with Gasteiger partial charge < -0.3 is 9.47 Å². The lowest BCUT2D eigenvalue weighted by Crippen LogP contribution is -2.08. The van der Waals surface area contributed by atoms with Gasteiger partial charge in [-0.3, -0.25) is 4.79 Å². The summed E-state index contributed by atoms with van der Waals surface area (Å²) in [4.78, 5) is 11.2. The van der Waals surface area contributed by atoms with E-state index in [9.17, 15) is 4.79 Å². The highest BCUT2D eigenvalue weighted by molar-refractivity contribution is 6.31. The molecule has 2 aromatic rings. The Bertz CT molecular complexity index is 566. The molecule has 1 aromatic heterocycles. The zero-order chi connectivity index (χ0) is 12.3. The first-order valence-electron chi connectivity index (χ1n) is 4.76. The molecule has 0 aliphatic rings. The molecule has 6 heteroatoms. The van der Waals surface area contributed by atoms with E-state index in [1.54, 1.807) is 31.4 Å². The molecule has 0 spiro atoms. The van der Waals surface area contributed by atoms with Crippen LogP contribution in [0.25, 0.3) is 0 Å². The highest BCUT2D eigenvalue weighted by Gasteiger charge is 2.07. The summed E-state index contributed by atoms with van der Waals surface area (Å²) in [6.07, 6.45) is 1.34. The van der Waals surface area contributed by atoms with Crippen LogP contribution in [0.2, 0.25) is 5.02 Å².